The topological polar surface area (TPSA) is 67.4 Å². The molecular weight excluding hydrogens is 435 g/mol. The molecule has 2 aliphatic rings. The van der Waals surface area contributed by atoms with E-state index in [-0.39, 0.29) is 23.1 Å². The number of ether oxygens (including phenoxy) is 1. The zero-order valence-corrected chi connectivity index (χ0v) is 18.9. The predicted molar refractivity (Wildman–Crippen MR) is 123 cm³/mol. The molecule has 1 heterocycles. The molecule has 2 atom stereocenters. The third-order valence-electron chi connectivity index (χ3n) is 6.38. The molecule has 31 heavy (non-hydrogen) atoms. The number of halogens is 2. The zero-order valence-electron chi connectivity index (χ0n) is 17.4. The molecule has 2 N–H and O–H groups in total. The summed E-state index contributed by atoms with van der Waals surface area (Å²) >= 11 is 12.6. The van der Waals surface area contributed by atoms with Gasteiger partial charge in [0.1, 0.15) is 0 Å². The predicted octanol–water partition coefficient (Wildman–Crippen LogP) is 5.07. The Morgan fingerprint density at radius 2 is 1.87 bits per heavy atom. The first-order chi connectivity index (χ1) is 14.9. The molecule has 2 unspecified atom stereocenters. The highest BCUT2D eigenvalue weighted by Crippen LogP contribution is 2.40. The highest BCUT2D eigenvalue weighted by molar-refractivity contribution is 6.35. The van der Waals surface area contributed by atoms with Gasteiger partial charge in [0, 0.05) is 52.4 Å². The van der Waals surface area contributed by atoms with Gasteiger partial charge in [-0.25, -0.2) is 0 Å². The Morgan fingerprint density at radius 1 is 1.13 bits per heavy atom. The van der Waals surface area contributed by atoms with Gasteiger partial charge in [-0.15, -0.1) is 0 Å². The highest BCUT2D eigenvalue weighted by Gasteiger charge is 2.39. The molecule has 1 saturated carbocycles. The van der Waals surface area contributed by atoms with Crippen LogP contribution in [0.25, 0.3) is 0 Å². The lowest BCUT2D eigenvalue weighted by molar-refractivity contribution is -0.117. The van der Waals surface area contributed by atoms with E-state index in [1.54, 1.807) is 30.3 Å². The van der Waals surface area contributed by atoms with Gasteiger partial charge in [-0.1, -0.05) is 42.3 Å². The molecular formula is C24H26Cl2N2O3. The molecule has 0 spiro atoms. The van der Waals surface area contributed by atoms with Crippen LogP contribution < -0.4 is 10.6 Å². The van der Waals surface area contributed by atoms with Crippen LogP contribution in [-0.2, 0) is 14.9 Å². The van der Waals surface area contributed by atoms with Gasteiger partial charge in [-0.05, 0) is 61.1 Å². The van der Waals surface area contributed by atoms with Crippen molar-refractivity contribution < 1.29 is 14.3 Å². The molecule has 0 bridgehead atoms. The van der Waals surface area contributed by atoms with Crippen LogP contribution in [0.5, 0.6) is 0 Å². The Kier molecular flexibility index (Phi) is 6.56. The lowest BCUT2D eigenvalue weighted by Crippen LogP contribution is -2.44. The van der Waals surface area contributed by atoms with Gasteiger partial charge in [-0.3, -0.25) is 9.59 Å². The van der Waals surface area contributed by atoms with E-state index in [2.05, 4.69) is 17.6 Å². The van der Waals surface area contributed by atoms with Crippen LogP contribution in [-0.4, -0.2) is 31.6 Å². The number of amides is 2. The molecule has 1 aliphatic carbocycles. The first-order valence-corrected chi connectivity index (χ1v) is 11.4. The molecule has 2 amide bonds. The third kappa shape index (κ3) is 5.05. The van der Waals surface area contributed by atoms with Crippen molar-refractivity contribution >= 4 is 40.7 Å². The fourth-order valence-corrected chi connectivity index (χ4v) is 4.84. The zero-order chi connectivity index (χ0) is 22.0. The Labute approximate surface area is 192 Å². The summed E-state index contributed by atoms with van der Waals surface area (Å²) in [6.07, 6.45) is 2.43. The van der Waals surface area contributed by atoms with Gasteiger partial charge in [-0.2, -0.15) is 0 Å². The summed E-state index contributed by atoms with van der Waals surface area (Å²) in [5.41, 5.74) is 1.80. The summed E-state index contributed by atoms with van der Waals surface area (Å²) in [6.45, 7) is 3.71. The van der Waals surface area contributed by atoms with Crippen LogP contribution in [0.1, 0.15) is 42.1 Å². The SMILES string of the molecule is CC1CC1C(=O)Nc1cccc(C(=O)NCC2(c3ccc(Cl)cc3Cl)CCOCC2)c1. The molecule has 4 rings (SSSR count). The van der Waals surface area contributed by atoms with Crippen LogP contribution in [0.2, 0.25) is 10.0 Å². The minimum absolute atomic E-state index is 0.0172. The van der Waals surface area contributed by atoms with Crippen molar-refractivity contribution in [3.63, 3.8) is 0 Å². The summed E-state index contributed by atoms with van der Waals surface area (Å²) in [5, 5.41) is 7.17. The Balaban J connectivity index is 1.47. The largest absolute Gasteiger partial charge is 0.381 e. The van der Waals surface area contributed by atoms with Gasteiger partial charge < -0.3 is 15.4 Å². The number of anilines is 1. The van der Waals surface area contributed by atoms with E-state index in [1.165, 1.54) is 0 Å². The van der Waals surface area contributed by atoms with Crippen LogP contribution in [0.15, 0.2) is 42.5 Å². The van der Waals surface area contributed by atoms with Crippen molar-refractivity contribution in [1.82, 2.24) is 5.32 Å². The monoisotopic (exact) mass is 460 g/mol. The number of carbonyl (C=O) groups is 2. The van der Waals surface area contributed by atoms with Crippen LogP contribution in [0, 0.1) is 11.8 Å². The molecule has 5 nitrogen and oxygen atoms in total. The maximum Gasteiger partial charge on any atom is 0.251 e. The van der Waals surface area contributed by atoms with Crippen LogP contribution in [0.3, 0.4) is 0 Å². The number of hydrogen-bond donors (Lipinski definition) is 2. The standard InChI is InChI=1S/C24H26Cl2N2O3/c1-15-11-19(15)23(30)28-18-4-2-3-16(12-18)22(29)27-14-24(7-9-31-10-8-24)20-6-5-17(25)13-21(20)26/h2-6,12-13,15,19H,7-11,14H2,1H3,(H,27,29)(H,28,30). The molecule has 1 aliphatic heterocycles. The summed E-state index contributed by atoms with van der Waals surface area (Å²) in [5.74, 6) is 0.340. The van der Waals surface area contributed by atoms with Crippen molar-refractivity contribution in [3.8, 4) is 0 Å². The van der Waals surface area contributed by atoms with Crippen LogP contribution in [0.4, 0.5) is 5.69 Å². The Hall–Kier alpha value is -2.08. The second kappa shape index (κ2) is 9.19. The first-order valence-electron chi connectivity index (χ1n) is 10.6. The van der Waals surface area contributed by atoms with E-state index in [9.17, 15) is 9.59 Å². The second-order valence-electron chi connectivity index (χ2n) is 8.59. The maximum atomic E-state index is 12.9. The van der Waals surface area contributed by atoms with Crippen LogP contribution >= 0.6 is 23.2 Å². The Bertz CT molecular complexity index is 989. The first kappa shape index (κ1) is 22.1. The molecule has 0 aromatic heterocycles. The van der Waals surface area contributed by atoms with Gasteiger partial charge >= 0.3 is 0 Å². The average molecular weight is 461 g/mol. The van der Waals surface area contributed by atoms with Crippen molar-refractivity contribution in [1.29, 1.82) is 0 Å². The quantitative estimate of drug-likeness (QED) is 0.632. The van der Waals surface area contributed by atoms with Crippen molar-refractivity contribution in [2.75, 3.05) is 25.1 Å². The number of nitrogens with one attached hydrogen (secondary N) is 2. The normalized spacial score (nSPS) is 21.9. The fraction of sp³-hybridized carbons (Fsp3) is 0.417. The molecule has 0 radical (unpaired) electrons. The maximum absolute atomic E-state index is 12.9. The molecule has 2 aromatic carbocycles. The van der Waals surface area contributed by atoms with Gasteiger partial charge in [0.2, 0.25) is 5.91 Å². The minimum Gasteiger partial charge on any atom is -0.381 e. The molecule has 2 aromatic rings. The average Bonchev–Trinajstić information content (AvgIpc) is 3.49. The van der Waals surface area contributed by atoms with Gasteiger partial charge in [0.15, 0.2) is 0 Å². The highest BCUT2D eigenvalue weighted by atomic mass is 35.5. The number of benzene rings is 2. The van der Waals surface area contributed by atoms with Gasteiger partial charge in [0.25, 0.3) is 5.91 Å². The van der Waals surface area contributed by atoms with E-state index in [0.717, 1.165) is 24.8 Å². The fourth-order valence-electron chi connectivity index (χ4n) is 4.24. The third-order valence-corrected chi connectivity index (χ3v) is 6.93. The van der Waals surface area contributed by atoms with E-state index in [1.807, 2.05) is 12.1 Å². The number of rotatable bonds is 6. The van der Waals surface area contributed by atoms with E-state index < -0.39 is 0 Å². The van der Waals surface area contributed by atoms with Crippen molar-refractivity contribution in [3.05, 3.63) is 63.6 Å². The van der Waals surface area contributed by atoms with Gasteiger partial charge in [0.05, 0.1) is 0 Å². The smallest absolute Gasteiger partial charge is 0.251 e. The van der Waals surface area contributed by atoms with E-state index >= 15 is 0 Å². The molecule has 1 saturated heterocycles. The lowest BCUT2D eigenvalue weighted by Gasteiger charge is -2.38. The molecule has 7 heteroatoms. The summed E-state index contributed by atoms with van der Waals surface area (Å²) in [6, 6.07) is 12.6. The molecule has 2 fully saturated rings. The van der Waals surface area contributed by atoms with E-state index in [0.29, 0.717) is 47.0 Å². The van der Waals surface area contributed by atoms with Crippen molar-refractivity contribution in [2.24, 2.45) is 11.8 Å². The summed E-state index contributed by atoms with van der Waals surface area (Å²) in [7, 11) is 0. The number of hydrogen-bond acceptors (Lipinski definition) is 3. The van der Waals surface area contributed by atoms with Crippen molar-refractivity contribution in [2.45, 2.75) is 31.6 Å². The Morgan fingerprint density at radius 3 is 2.55 bits per heavy atom. The summed E-state index contributed by atoms with van der Waals surface area (Å²) in [4.78, 5) is 25.1. The number of carbonyl (C=O) groups excluding carboxylic acids is 2. The second-order valence-corrected chi connectivity index (χ2v) is 9.43. The lowest BCUT2D eigenvalue weighted by atomic mass is 9.74. The van der Waals surface area contributed by atoms with E-state index in [4.69, 9.17) is 27.9 Å². The summed E-state index contributed by atoms with van der Waals surface area (Å²) < 4.78 is 5.56. The minimum atomic E-state index is -0.316. The molecule has 164 valence electrons.